The lowest BCUT2D eigenvalue weighted by atomic mass is 9.92. The SMILES string of the molecule is O=C(C1CCNCC1)N(CCOc1ccccc1)C(c1ccc(Cl)cc1)c1cccc(F)c1. The third-order valence-corrected chi connectivity index (χ3v) is 6.23. The molecule has 1 aliphatic heterocycles. The summed E-state index contributed by atoms with van der Waals surface area (Å²) < 4.78 is 20.2. The molecule has 1 fully saturated rings. The molecule has 3 aromatic rings. The van der Waals surface area contributed by atoms with Crippen LogP contribution in [-0.2, 0) is 4.79 Å². The lowest BCUT2D eigenvalue weighted by Crippen LogP contribution is -2.44. The highest BCUT2D eigenvalue weighted by Crippen LogP contribution is 2.32. The summed E-state index contributed by atoms with van der Waals surface area (Å²) in [7, 11) is 0. The van der Waals surface area contributed by atoms with Gasteiger partial charge in [-0.05, 0) is 73.5 Å². The second-order valence-electron chi connectivity index (χ2n) is 8.23. The highest BCUT2D eigenvalue weighted by Gasteiger charge is 2.32. The lowest BCUT2D eigenvalue weighted by molar-refractivity contribution is -0.138. The standard InChI is InChI=1S/C27H28ClFN2O2/c28-23-11-9-20(10-12-23)26(22-5-4-6-24(29)19-22)31(27(32)21-13-15-30-16-14-21)17-18-33-25-7-2-1-3-8-25/h1-12,19,21,26,30H,13-18H2. The van der Waals surface area contributed by atoms with Crippen molar-refractivity contribution in [3.05, 3.63) is 101 Å². The Labute approximate surface area is 199 Å². The summed E-state index contributed by atoms with van der Waals surface area (Å²) in [6, 6.07) is 23.0. The van der Waals surface area contributed by atoms with E-state index < -0.39 is 6.04 Å². The number of ether oxygens (including phenoxy) is 1. The molecule has 0 aromatic heterocycles. The number of para-hydroxylation sites is 1. The number of hydrogen-bond donors (Lipinski definition) is 1. The molecule has 1 N–H and O–H groups in total. The normalized spacial score (nSPS) is 15.1. The van der Waals surface area contributed by atoms with Crippen molar-refractivity contribution < 1.29 is 13.9 Å². The number of rotatable bonds is 8. The summed E-state index contributed by atoms with van der Waals surface area (Å²) in [6.07, 6.45) is 1.57. The zero-order chi connectivity index (χ0) is 23.0. The summed E-state index contributed by atoms with van der Waals surface area (Å²) in [4.78, 5) is 15.6. The van der Waals surface area contributed by atoms with Gasteiger partial charge in [0.25, 0.3) is 0 Å². The molecule has 6 heteroatoms. The second-order valence-corrected chi connectivity index (χ2v) is 8.66. The Hall–Kier alpha value is -2.89. The van der Waals surface area contributed by atoms with Crippen LogP contribution in [0.5, 0.6) is 5.75 Å². The van der Waals surface area contributed by atoms with Gasteiger partial charge in [-0.3, -0.25) is 4.79 Å². The van der Waals surface area contributed by atoms with Gasteiger partial charge < -0.3 is 15.0 Å². The molecule has 0 spiro atoms. The van der Waals surface area contributed by atoms with Crippen LogP contribution in [-0.4, -0.2) is 37.0 Å². The lowest BCUT2D eigenvalue weighted by Gasteiger charge is -2.36. The van der Waals surface area contributed by atoms with Gasteiger partial charge >= 0.3 is 0 Å². The molecule has 1 atom stereocenters. The van der Waals surface area contributed by atoms with Crippen molar-refractivity contribution in [2.75, 3.05) is 26.2 Å². The van der Waals surface area contributed by atoms with Crippen LogP contribution in [0.1, 0.15) is 30.0 Å². The number of carbonyl (C=O) groups excluding carboxylic acids is 1. The van der Waals surface area contributed by atoms with E-state index in [2.05, 4.69) is 5.32 Å². The molecule has 1 saturated heterocycles. The number of piperidine rings is 1. The highest BCUT2D eigenvalue weighted by molar-refractivity contribution is 6.30. The molecule has 172 valence electrons. The summed E-state index contributed by atoms with van der Waals surface area (Å²) in [5.41, 5.74) is 1.60. The molecule has 4 nitrogen and oxygen atoms in total. The Kier molecular flexibility index (Phi) is 7.97. The summed E-state index contributed by atoms with van der Waals surface area (Å²) in [5, 5.41) is 3.93. The number of benzene rings is 3. The molecular weight excluding hydrogens is 439 g/mol. The molecule has 33 heavy (non-hydrogen) atoms. The third-order valence-electron chi connectivity index (χ3n) is 5.98. The van der Waals surface area contributed by atoms with E-state index in [1.165, 1.54) is 12.1 Å². The molecular formula is C27H28ClFN2O2. The first-order chi connectivity index (χ1) is 16.1. The maximum Gasteiger partial charge on any atom is 0.226 e. The quantitative estimate of drug-likeness (QED) is 0.478. The monoisotopic (exact) mass is 466 g/mol. The Morgan fingerprint density at radius 3 is 2.42 bits per heavy atom. The fraction of sp³-hybridized carbons (Fsp3) is 0.296. The van der Waals surface area contributed by atoms with Crippen LogP contribution in [0.15, 0.2) is 78.9 Å². The van der Waals surface area contributed by atoms with Crippen LogP contribution in [0, 0.1) is 11.7 Å². The largest absolute Gasteiger partial charge is 0.492 e. The van der Waals surface area contributed by atoms with E-state index in [1.54, 1.807) is 18.2 Å². The first kappa shape index (κ1) is 23.3. The zero-order valence-corrected chi connectivity index (χ0v) is 19.2. The van der Waals surface area contributed by atoms with Crippen molar-refractivity contribution >= 4 is 17.5 Å². The van der Waals surface area contributed by atoms with Gasteiger partial charge in [0.2, 0.25) is 5.91 Å². The van der Waals surface area contributed by atoms with Crippen LogP contribution in [0.2, 0.25) is 5.02 Å². The average Bonchev–Trinajstić information content (AvgIpc) is 2.85. The van der Waals surface area contributed by atoms with E-state index >= 15 is 0 Å². The maximum atomic E-state index is 14.2. The molecule has 1 amide bonds. The van der Waals surface area contributed by atoms with E-state index in [0.29, 0.717) is 18.2 Å². The molecule has 1 aliphatic rings. The number of halogens is 2. The Morgan fingerprint density at radius 2 is 1.73 bits per heavy atom. The van der Waals surface area contributed by atoms with Gasteiger partial charge in [0.05, 0.1) is 12.6 Å². The van der Waals surface area contributed by atoms with Crippen molar-refractivity contribution in [3.8, 4) is 5.75 Å². The van der Waals surface area contributed by atoms with Crippen LogP contribution in [0.4, 0.5) is 4.39 Å². The van der Waals surface area contributed by atoms with Crippen LogP contribution in [0.3, 0.4) is 0 Å². The predicted octanol–water partition coefficient (Wildman–Crippen LogP) is 5.48. The minimum absolute atomic E-state index is 0.0670. The number of nitrogens with zero attached hydrogens (tertiary/aromatic N) is 1. The topological polar surface area (TPSA) is 41.6 Å². The summed E-state index contributed by atoms with van der Waals surface area (Å²) >= 11 is 6.14. The number of amides is 1. The van der Waals surface area contributed by atoms with E-state index in [1.807, 2.05) is 53.4 Å². The van der Waals surface area contributed by atoms with Crippen LogP contribution < -0.4 is 10.1 Å². The van der Waals surface area contributed by atoms with E-state index in [4.69, 9.17) is 16.3 Å². The Morgan fingerprint density at radius 1 is 1.00 bits per heavy atom. The predicted molar refractivity (Wildman–Crippen MR) is 129 cm³/mol. The van der Waals surface area contributed by atoms with Crippen molar-refractivity contribution in [2.24, 2.45) is 5.92 Å². The third kappa shape index (κ3) is 6.12. The highest BCUT2D eigenvalue weighted by atomic mass is 35.5. The molecule has 0 saturated carbocycles. The second kappa shape index (κ2) is 11.3. The molecule has 1 heterocycles. The zero-order valence-electron chi connectivity index (χ0n) is 18.4. The summed E-state index contributed by atoms with van der Waals surface area (Å²) in [6.45, 7) is 2.34. The van der Waals surface area contributed by atoms with Gasteiger partial charge in [0.1, 0.15) is 18.2 Å². The van der Waals surface area contributed by atoms with E-state index in [-0.39, 0.29) is 17.6 Å². The average molecular weight is 467 g/mol. The van der Waals surface area contributed by atoms with Crippen molar-refractivity contribution in [2.45, 2.75) is 18.9 Å². The van der Waals surface area contributed by atoms with E-state index in [9.17, 15) is 9.18 Å². The van der Waals surface area contributed by atoms with Gasteiger partial charge in [0, 0.05) is 10.9 Å². The fourth-order valence-electron chi connectivity index (χ4n) is 4.32. The molecule has 0 bridgehead atoms. The van der Waals surface area contributed by atoms with Gasteiger partial charge in [-0.25, -0.2) is 4.39 Å². The van der Waals surface area contributed by atoms with Gasteiger partial charge in [-0.15, -0.1) is 0 Å². The van der Waals surface area contributed by atoms with Gasteiger partial charge in [0.15, 0.2) is 0 Å². The molecule has 3 aromatic carbocycles. The first-order valence-corrected chi connectivity index (χ1v) is 11.7. The number of nitrogens with one attached hydrogen (secondary N) is 1. The summed E-state index contributed by atoms with van der Waals surface area (Å²) in [5.74, 6) is 0.408. The van der Waals surface area contributed by atoms with E-state index in [0.717, 1.165) is 42.8 Å². The molecule has 0 radical (unpaired) electrons. The number of hydrogen-bond acceptors (Lipinski definition) is 3. The minimum Gasteiger partial charge on any atom is -0.492 e. The first-order valence-electron chi connectivity index (χ1n) is 11.3. The molecule has 1 unspecified atom stereocenters. The fourth-order valence-corrected chi connectivity index (χ4v) is 4.45. The van der Waals surface area contributed by atoms with Crippen molar-refractivity contribution in [1.29, 1.82) is 0 Å². The minimum atomic E-state index is -0.445. The molecule has 4 rings (SSSR count). The Bertz CT molecular complexity index is 1040. The molecule has 0 aliphatic carbocycles. The van der Waals surface area contributed by atoms with Crippen molar-refractivity contribution in [1.82, 2.24) is 10.2 Å². The van der Waals surface area contributed by atoms with Gasteiger partial charge in [-0.2, -0.15) is 0 Å². The van der Waals surface area contributed by atoms with Gasteiger partial charge in [-0.1, -0.05) is 54.1 Å². The Balaban J connectivity index is 1.67. The van der Waals surface area contributed by atoms with Crippen LogP contribution >= 0.6 is 11.6 Å². The maximum absolute atomic E-state index is 14.2. The number of carbonyl (C=O) groups is 1. The van der Waals surface area contributed by atoms with Crippen LogP contribution in [0.25, 0.3) is 0 Å². The smallest absolute Gasteiger partial charge is 0.226 e. The van der Waals surface area contributed by atoms with Crippen molar-refractivity contribution in [3.63, 3.8) is 0 Å².